The fourth-order valence-corrected chi connectivity index (χ4v) is 2.85. The van der Waals surface area contributed by atoms with Crippen LogP contribution < -0.4 is 0 Å². The first kappa shape index (κ1) is 13.8. The summed E-state index contributed by atoms with van der Waals surface area (Å²) in [6.07, 6.45) is 1.80. The maximum absolute atomic E-state index is 12.2. The van der Waals surface area contributed by atoms with Crippen LogP contribution in [0.1, 0.15) is 26.7 Å². The van der Waals surface area contributed by atoms with Gasteiger partial charge in [0.15, 0.2) is 0 Å². The maximum Gasteiger partial charge on any atom is 0.236 e. The molecule has 3 unspecified atom stereocenters. The van der Waals surface area contributed by atoms with Gasteiger partial charge in [-0.15, -0.1) is 0 Å². The quantitative estimate of drug-likeness (QED) is 0.760. The minimum absolute atomic E-state index is 0.115. The number of β-amino-alcohol motifs (C(OH)–C–C–N with tert-alkyl or cyclic N) is 1. The van der Waals surface area contributed by atoms with E-state index >= 15 is 0 Å². The number of amides is 1. The number of hydrogen-bond acceptors (Lipinski definition) is 4. The average molecular weight is 256 g/mol. The molecule has 3 atom stereocenters. The number of piperidine rings is 1. The monoisotopic (exact) mass is 256 g/mol. The smallest absolute Gasteiger partial charge is 0.236 e. The van der Waals surface area contributed by atoms with Crippen LogP contribution in [0.5, 0.6) is 0 Å². The Morgan fingerprint density at radius 2 is 1.94 bits per heavy atom. The fourth-order valence-electron chi connectivity index (χ4n) is 2.85. The van der Waals surface area contributed by atoms with E-state index in [-0.39, 0.29) is 24.2 Å². The molecular weight excluding hydrogens is 232 g/mol. The zero-order chi connectivity index (χ0) is 13.1. The molecule has 0 aromatic rings. The summed E-state index contributed by atoms with van der Waals surface area (Å²) in [5.74, 6) is 0.158. The van der Waals surface area contributed by atoms with Crippen molar-refractivity contribution >= 4 is 5.91 Å². The van der Waals surface area contributed by atoms with Crippen molar-refractivity contribution in [2.45, 2.75) is 45.0 Å². The molecule has 0 aliphatic carbocycles. The molecule has 104 valence electrons. The van der Waals surface area contributed by atoms with Gasteiger partial charge >= 0.3 is 0 Å². The fraction of sp³-hybridized carbons (Fsp3) is 0.923. The molecule has 1 N–H and O–H groups in total. The van der Waals surface area contributed by atoms with E-state index in [0.717, 1.165) is 19.4 Å². The second kappa shape index (κ2) is 5.99. The molecule has 0 spiro atoms. The van der Waals surface area contributed by atoms with E-state index in [4.69, 9.17) is 4.74 Å². The summed E-state index contributed by atoms with van der Waals surface area (Å²) < 4.78 is 5.63. The van der Waals surface area contributed by atoms with Gasteiger partial charge in [0.05, 0.1) is 24.9 Å². The highest BCUT2D eigenvalue weighted by Crippen LogP contribution is 2.13. The molecule has 2 rings (SSSR count). The van der Waals surface area contributed by atoms with Gasteiger partial charge in [0.2, 0.25) is 5.91 Å². The first-order valence-electron chi connectivity index (χ1n) is 6.88. The molecule has 0 aromatic carbocycles. The van der Waals surface area contributed by atoms with Gasteiger partial charge in [-0.1, -0.05) is 0 Å². The Morgan fingerprint density at radius 3 is 2.56 bits per heavy atom. The van der Waals surface area contributed by atoms with Crippen LogP contribution in [0.2, 0.25) is 0 Å². The molecule has 5 heteroatoms. The lowest BCUT2D eigenvalue weighted by molar-refractivity contribution is -0.144. The van der Waals surface area contributed by atoms with Gasteiger partial charge in [0, 0.05) is 19.6 Å². The number of aliphatic hydroxyl groups excluding tert-OH is 1. The second-order valence-electron chi connectivity index (χ2n) is 5.59. The Balaban J connectivity index is 1.83. The molecule has 18 heavy (non-hydrogen) atoms. The average Bonchev–Trinajstić information content (AvgIpc) is 2.27. The summed E-state index contributed by atoms with van der Waals surface area (Å²) in [6, 6.07) is 0. The van der Waals surface area contributed by atoms with Crippen LogP contribution in [0, 0.1) is 0 Å². The molecular formula is C13H24N2O3. The van der Waals surface area contributed by atoms with Gasteiger partial charge in [-0.2, -0.15) is 0 Å². The predicted molar refractivity (Wildman–Crippen MR) is 68.3 cm³/mol. The van der Waals surface area contributed by atoms with Crippen LogP contribution in [0.25, 0.3) is 0 Å². The molecule has 0 bridgehead atoms. The number of nitrogens with zero attached hydrogens (tertiary/aromatic N) is 2. The second-order valence-corrected chi connectivity index (χ2v) is 5.59. The molecule has 5 nitrogen and oxygen atoms in total. The van der Waals surface area contributed by atoms with Crippen LogP contribution in [0.3, 0.4) is 0 Å². The normalized spacial score (nSPS) is 34.6. The van der Waals surface area contributed by atoms with E-state index in [1.165, 1.54) is 0 Å². The number of aliphatic hydroxyl groups is 1. The highest BCUT2D eigenvalue weighted by atomic mass is 16.5. The summed E-state index contributed by atoms with van der Waals surface area (Å²) in [7, 11) is 0. The number of morpholine rings is 1. The summed E-state index contributed by atoms with van der Waals surface area (Å²) in [6.45, 7) is 7.33. The Bertz CT molecular complexity index is 288. The number of ether oxygens (including phenoxy) is 1. The van der Waals surface area contributed by atoms with Crippen molar-refractivity contribution in [1.29, 1.82) is 0 Å². The summed E-state index contributed by atoms with van der Waals surface area (Å²) in [5, 5.41) is 9.60. The Kier molecular flexibility index (Phi) is 4.59. The SMILES string of the molecule is CC1CN(C(=O)CN2CCCC(O)C2)CC(C)O1. The third-order valence-corrected chi connectivity index (χ3v) is 3.61. The first-order valence-corrected chi connectivity index (χ1v) is 6.88. The van der Waals surface area contributed by atoms with E-state index in [0.29, 0.717) is 26.2 Å². The summed E-state index contributed by atoms with van der Waals surface area (Å²) in [4.78, 5) is 16.2. The van der Waals surface area contributed by atoms with Gasteiger partial charge in [-0.3, -0.25) is 9.69 Å². The zero-order valence-electron chi connectivity index (χ0n) is 11.3. The lowest BCUT2D eigenvalue weighted by Gasteiger charge is -2.37. The van der Waals surface area contributed by atoms with Crippen molar-refractivity contribution in [3.8, 4) is 0 Å². The van der Waals surface area contributed by atoms with Crippen molar-refractivity contribution in [1.82, 2.24) is 9.80 Å². The summed E-state index contributed by atoms with van der Waals surface area (Å²) in [5.41, 5.74) is 0. The standard InChI is InChI=1S/C13H24N2O3/c1-10-6-15(7-11(2)18-10)13(17)9-14-5-3-4-12(16)8-14/h10-12,16H,3-9H2,1-2H3. The minimum Gasteiger partial charge on any atom is -0.392 e. The van der Waals surface area contributed by atoms with Crippen LogP contribution in [-0.2, 0) is 9.53 Å². The van der Waals surface area contributed by atoms with Crippen LogP contribution in [-0.4, -0.2) is 71.8 Å². The van der Waals surface area contributed by atoms with E-state index in [9.17, 15) is 9.90 Å². The topological polar surface area (TPSA) is 53.0 Å². The number of rotatable bonds is 2. The lowest BCUT2D eigenvalue weighted by atomic mass is 10.1. The number of hydrogen-bond donors (Lipinski definition) is 1. The lowest BCUT2D eigenvalue weighted by Crippen LogP contribution is -2.52. The van der Waals surface area contributed by atoms with E-state index in [1.807, 2.05) is 18.7 Å². The minimum atomic E-state index is -0.269. The molecule has 2 fully saturated rings. The molecule has 2 heterocycles. The van der Waals surface area contributed by atoms with E-state index in [2.05, 4.69) is 4.90 Å². The van der Waals surface area contributed by atoms with E-state index < -0.39 is 0 Å². The largest absolute Gasteiger partial charge is 0.392 e. The van der Waals surface area contributed by atoms with Crippen molar-refractivity contribution in [3.05, 3.63) is 0 Å². The van der Waals surface area contributed by atoms with Gasteiger partial charge < -0.3 is 14.7 Å². The molecule has 2 aliphatic rings. The van der Waals surface area contributed by atoms with Gasteiger partial charge in [-0.05, 0) is 33.2 Å². The molecule has 1 amide bonds. The van der Waals surface area contributed by atoms with Gasteiger partial charge in [0.25, 0.3) is 0 Å². The highest BCUT2D eigenvalue weighted by molar-refractivity contribution is 5.78. The van der Waals surface area contributed by atoms with Crippen LogP contribution >= 0.6 is 0 Å². The van der Waals surface area contributed by atoms with Crippen molar-refractivity contribution in [3.63, 3.8) is 0 Å². The number of carbonyl (C=O) groups excluding carboxylic acids is 1. The van der Waals surface area contributed by atoms with E-state index in [1.54, 1.807) is 0 Å². The predicted octanol–water partition coefficient (Wildman–Crippen LogP) is 0.0789. The van der Waals surface area contributed by atoms with Crippen molar-refractivity contribution in [2.75, 3.05) is 32.7 Å². The molecule has 0 saturated carbocycles. The van der Waals surface area contributed by atoms with Crippen LogP contribution in [0.15, 0.2) is 0 Å². The van der Waals surface area contributed by atoms with Gasteiger partial charge in [-0.25, -0.2) is 0 Å². The van der Waals surface area contributed by atoms with Crippen molar-refractivity contribution in [2.24, 2.45) is 0 Å². The molecule has 0 radical (unpaired) electrons. The Hall–Kier alpha value is -0.650. The summed E-state index contributed by atoms with van der Waals surface area (Å²) >= 11 is 0. The third kappa shape index (κ3) is 3.67. The third-order valence-electron chi connectivity index (χ3n) is 3.61. The Morgan fingerprint density at radius 1 is 1.28 bits per heavy atom. The number of likely N-dealkylation sites (tertiary alicyclic amines) is 1. The molecule has 0 aromatic heterocycles. The zero-order valence-corrected chi connectivity index (χ0v) is 11.3. The Labute approximate surface area is 109 Å². The molecule has 2 aliphatic heterocycles. The van der Waals surface area contributed by atoms with Crippen molar-refractivity contribution < 1.29 is 14.6 Å². The van der Waals surface area contributed by atoms with Gasteiger partial charge in [0.1, 0.15) is 0 Å². The maximum atomic E-state index is 12.2. The highest BCUT2D eigenvalue weighted by Gasteiger charge is 2.28. The first-order chi connectivity index (χ1) is 8.54. The molecule has 2 saturated heterocycles. The number of carbonyl (C=O) groups is 1. The van der Waals surface area contributed by atoms with Crippen LogP contribution in [0.4, 0.5) is 0 Å².